The highest BCUT2D eigenvalue weighted by atomic mass is 16.7. The van der Waals surface area contributed by atoms with Crippen LogP contribution >= 0.6 is 0 Å². The monoisotopic (exact) mass is 416 g/mol. The van der Waals surface area contributed by atoms with E-state index in [2.05, 4.69) is 32.0 Å². The third kappa shape index (κ3) is 3.95. The van der Waals surface area contributed by atoms with Crippen LogP contribution in [0.25, 0.3) is 22.2 Å². The Balaban J connectivity index is 1.46. The Labute approximate surface area is 183 Å². The van der Waals surface area contributed by atoms with Crippen LogP contribution in [0.2, 0.25) is 0 Å². The molecule has 3 aromatic rings. The highest BCUT2D eigenvalue weighted by Crippen LogP contribution is 2.30. The van der Waals surface area contributed by atoms with E-state index in [9.17, 15) is 4.79 Å². The van der Waals surface area contributed by atoms with Crippen LogP contribution < -0.4 is 0 Å². The summed E-state index contributed by atoms with van der Waals surface area (Å²) in [6, 6.07) is 16.3. The molecule has 3 heterocycles. The molecular formula is C26H28N2O3. The molecule has 1 amide bonds. The van der Waals surface area contributed by atoms with Crippen molar-refractivity contribution in [2.45, 2.75) is 33.0 Å². The summed E-state index contributed by atoms with van der Waals surface area (Å²) in [5.74, 6) is 0.447. The zero-order valence-corrected chi connectivity index (χ0v) is 18.1. The number of nitrogens with zero attached hydrogens (tertiary/aromatic N) is 2. The van der Waals surface area contributed by atoms with Crippen LogP contribution in [0, 0.1) is 19.8 Å². The molecule has 5 heteroatoms. The van der Waals surface area contributed by atoms with Gasteiger partial charge in [-0.2, -0.15) is 0 Å². The number of aromatic nitrogens is 1. The van der Waals surface area contributed by atoms with E-state index in [-0.39, 0.29) is 12.2 Å². The van der Waals surface area contributed by atoms with E-state index in [1.165, 1.54) is 11.1 Å². The second-order valence-electron chi connectivity index (χ2n) is 8.63. The van der Waals surface area contributed by atoms with Gasteiger partial charge in [0.15, 0.2) is 6.29 Å². The van der Waals surface area contributed by atoms with E-state index in [0.717, 1.165) is 53.7 Å². The molecule has 0 bridgehead atoms. The fourth-order valence-electron chi connectivity index (χ4n) is 4.79. The minimum absolute atomic E-state index is 0.0799. The maximum Gasteiger partial charge on any atom is 0.254 e. The van der Waals surface area contributed by atoms with Crippen molar-refractivity contribution in [1.82, 2.24) is 9.88 Å². The first-order chi connectivity index (χ1) is 15.1. The first kappa shape index (κ1) is 20.2. The molecule has 5 rings (SSSR count). The summed E-state index contributed by atoms with van der Waals surface area (Å²) < 4.78 is 11.4. The number of hydrogen-bond donors (Lipinski definition) is 0. The molecule has 0 atom stereocenters. The van der Waals surface area contributed by atoms with E-state index in [1.54, 1.807) is 0 Å². The lowest BCUT2D eigenvalue weighted by Gasteiger charge is -2.34. The van der Waals surface area contributed by atoms with Gasteiger partial charge >= 0.3 is 0 Å². The average Bonchev–Trinajstić information content (AvgIpc) is 3.33. The quantitative estimate of drug-likeness (QED) is 0.619. The number of hydrogen-bond acceptors (Lipinski definition) is 4. The number of benzene rings is 2. The molecule has 2 saturated heterocycles. The van der Waals surface area contributed by atoms with Crippen LogP contribution in [0.5, 0.6) is 0 Å². The Kier molecular flexibility index (Phi) is 5.47. The van der Waals surface area contributed by atoms with E-state index in [1.807, 2.05) is 35.2 Å². The lowest BCUT2D eigenvalue weighted by molar-refractivity contribution is -0.0956. The number of carbonyl (C=O) groups excluding carboxylic acids is 1. The number of aryl methyl sites for hydroxylation is 2. The number of ether oxygens (including phenoxy) is 2. The van der Waals surface area contributed by atoms with Gasteiger partial charge in [0.05, 0.1) is 30.0 Å². The van der Waals surface area contributed by atoms with Crippen molar-refractivity contribution in [3.8, 4) is 11.3 Å². The van der Waals surface area contributed by atoms with Gasteiger partial charge in [-0.3, -0.25) is 4.79 Å². The summed E-state index contributed by atoms with van der Waals surface area (Å²) in [5.41, 5.74) is 5.88. The second kappa shape index (κ2) is 8.40. The zero-order chi connectivity index (χ0) is 21.4. The van der Waals surface area contributed by atoms with Gasteiger partial charge in [0.1, 0.15) is 0 Å². The molecule has 0 radical (unpaired) electrons. The number of rotatable bonds is 3. The van der Waals surface area contributed by atoms with Gasteiger partial charge in [-0.15, -0.1) is 0 Å². The summed E-state index contributed by atoms with van der Waals surface area (Å²) in [6.45, 7) is 6.98. The molecular weight excluding hydrogens is 388 g/mol. The SMILES string of the molecule is Cc1ccc(-c2cc(C(=O)N3CCC(C4OCCO4)CC3)c3ccccc3n2)c(C)c1. The summed E-state index contributed by atoms with van der Waals surface area (Å²) in [6.07, 6.45) is 1.71. The molecule has 0 spiro atoms. The molecule has 0 N–H and O–H groups in total. The Bertz CT molecular complexity index is 1110. The molecule has 2 aliphatic rings. The topological polar surface area (TPSA) is 51.7 Å². The number of para-hydroxylation sites is 1. The third-order valence-electron chi connectivity index (χ3n) is 6.46. The van der Waals surface area contributed by atoms with Gasteiger partial charge in [-0.05, 0) is 44.4 Å². The maximum atomic E-state index is 13.6. The summed E-state index contributed by atoms with van der Waals surface area (Å²) in [5, 5.41) is 0.908. The largest absolute Gasteiger partial charge is 0.350 e. The van der Waals surface area contributed by atoms with Crippen molar-refractivity contribution in [3.05, 3.63) is 65.2 Å². The average molecular weight is 417 g/mol. The molecule has 2 aliphatic heterocycles. The van der Waals surface area contributed by atoms with E-state index >= 15 is 0 Å². The Hall–Kier alpha value is -2.76. The van der Waals surface area contributed by atoms with E-state index < -0.39 is 0 Å². The van der Waals surface area contributed by atoms with Gasteiger partial charge in [-0.25, -0.2) is 4.98 Å². The normalized spacial score (nSPS) is 18.1. The number of amides is 1. The lowest BCUT2D eigenvalue weighted by atomic mass is 9.94. The van der Waals surface area contributed by atoms with E-state index in [4.69, 9.17) is 14.5 Å². The third-order valence-corrected chi connectivity index (χ3v) is 6.46. The van der Waals surface area contributed by atoms with Gasteiger partial charge < -0.3 is 14.4 Å². The first-order valence-corrected chi connectivity index (χ1v) is 11.1. The summed E-state index contributed by atoms with van der Waals surface area (Å²) in [4.78, 5) is 20.5. The van der Waals surface area contributed by atoms with Crippen LogP contribution in [0.3, 0.4) is 0 Å². The number of carbonyl (C=O) groups is 1. The molecule has 31 heavy (non-hydrogen) atoms. The predicted molar refractivity (Wildman–Crippen MR) is 121 cm³/mol. The molecule has 5 nitrogen and oxygen atoms in total. The molecule has 0 aliphatic carbocycles. The number of likely N-dealkylation sites (tertiary alicyclic amines) is 1. The minimum atomic E-state index is -0.102. The Morgan fingerprint density at radius 1 is 1.00 bits per heavy atom. The molecule has 160 valence electrons. The Morgan fingerprint density at radius 2 is 1.74 bits per heavy atom. The van der Waals surface area contributed by atoms with Crippen molar-refractivity contribution < 1.29 is 14.3 Å². The molecule has 0 saturated carbocycles. The van der Waals surface area contributed by atoms with Crippen molar-refractivity contribution >= 4 is 16.8 Å². The number of pyridine rings is 1. The second-order valence-corrected chi connectivity index (χ2v) is 8.63. The molecule has 2 aromatic carbocycles. The highest BCUT2D eigenvalue weighted by molar-refractivity contribution is 6.07. The fraction of sp³-hybridized carbons (Fsp3) is 0.385. The van der Waals surface area contributed by atoms with Crippen LogP contribution in [0.4, 0.5) is 0 Å². The lowest BCUT2D eigenvalue weighted by Crippen LogP contribution is -2.41. The summed E-state index contributed by atoms with van der Waals surface area (Å²) in [7, 11) is 0. The maximum absolute atomic E-state index is 13.6. The minimum Gasteiger partial charge on any atom is -0.350 e. The smallest absolute Gasteiger partial charge is 0.254 e. The zero-order valence-electron chi connectivity index (χ0n) is 18.1. The van der Waals surface area contributed by atoms with Crippen LogP contribution in [0.15, 0.2) is 48.5 Å². The number of piperidine rings is 1. The van der Waals surface area contributed by atoms with Crippen molar-refractivity contribution in [1.29, 1.82) is 0 Å². The fourth-order valence-corrected chi connectivity index (χ4v) is 4.79. The summed E-state index contributed by atoms with van der Waals surface area (Å²) >= 11 is 0. The van der Waals surface area contributed by atoms with Crippen molar-refractivity contribution in [3.63, 3.8) is 0 Å². The van der Waals surface area contributed by atoms with Gasteiger partial charge in [-0.1, -0.05) is 42.0 Å². The van der Waals surface area contributed by atoms with Crippen LogP contribution in [0.1, 0.15) is 34.3 Å². The van der Waals surface area contributed by atoms with Crippen LogP contribution in [-0.2, 0) is 9.47 Å². The van der Waals surface area contributed by atoms with Crippen LogP contribution in [-0.4, -0.2) is 48.4 Å². The Morgan fingerprint density at radius 3 is 2.48 bits per heavy atom. The van der Waals surface area contributed by atoms with Gasteiger partial charge in [0, 0.05) is 30.0 Å². The standard InChI is InChI=1S/C26H28N2O3/c1-17-7-8-20(18(2)15-17)24-16-22(21-5-3-4-6-23(21)27-24)25(29)28-11-9-19(10-12-28)26-30-13-14-31-26/h3-8,15-16,19,26H,9-14H2,1-2H3. The van der Waals surface area contributed by atoms with Crippen molar-refractivity contribution in [2.75, 3.05) is 26.3 Å². The van der Waals surface area contributed by atoms with Gasteiger partial charge in [0.25, 0.3) is 5.91 Å². The molecule has 1 aromatic heterocycles. The highest BCUT2D eigenvalue weighted by Gasteiger charge is 2.32. The molecule has 2 fully saturated rings. The predicted octanol–water partition coefficient (Wildman–Crippen LogP) is 4.74. The first-order valence-electron chi connectivity index (χ1n) is 11.1. The van der Waals surface area contributed by atoms with E-state index in [0.29, 0.717) is 19.1 Å². The number of fused-ring (bicyclic) bond motifs is 1. The molecule has 0 unspecified atom stereocenters. The van der Waals surface area contributed by atoms with Gasteiger partial charge in [0.2, 0.25) is 0 Å². The van der Waals surface area contributed by atoms with Crippen molar-refractivity contribution in [2.24, 2.45) is 5.92 Å².